The fourth-order valence-electron chi connectivity index (χ4n) is 3.98. The Bertz CT molecular complexity index is 912. The van der Waals surface area contributed by atoms with Gasteiger partial charge in [0.05, 0.1) is 19.3 Å². The van der Waals surface area contributed by atoms with E-state index < -0.39 is 17.8 Å². The summed E-state index contributed by atoms with van der Waals surface area (Å²) in [7, 11) is 0. The number of aliphatic hydroxyl groups is 2. The lowest BCUT2D eigenvalue weighted by atomic mass is 10.0. The molecule has 37 heavy (non-hydrogen) atoms. The number of unbranched alkanes of at least 4 members (excludes halogenated alkanes) is 4. The zero-order valence-electron chi connectivity index (χ0n) is 22.7. The van der Waals surface area contributed by atoms with Crippen molar-refractivity contribution in [2.24, 2.45) is 0 Å². The Morgan fingerprint density at radius 2 is 1.62 bits per heavy atom. The molecular formula is C30H45NO6. The van der Waals surface area contributed by atoms with Crippen molar-refractivity contribution in [1.82, 2.24) is 4.90 Å². The van der Waals surface area contributed by atoms with Gasteiger partial charge in [0.1, 0.15) is 11.4 Å². The van der Waals surface area contributed by atoms with E-state index in [1.165, 1.54) is 16.5 Å². The zero-order chi connectivity index (χ0) is 27.1. The van der Waals surface area contributed by atoms with Crippen LogP contribution in [0.15, 0.2) is 48.5 Å². The number of carbonyl (C=O) groups is 1. The van der Waals surface area contributed by atoms with Crippen LogP contribution in [0.3, 0.4) is 0 Å². The highest BCUT2D eigenvalue weighted by Gasteiger charge is 2.24. The Labute approximate surface area is 222 Å². The van der Waals surface area contributed by atoms with Gasteiger partial charge in [-0.05, 0) is 76.1 Å². The topological polar surface area (TPSA) is 99.5 Å². The third-order valence-electron chi connectivity index (χ3n) is 6.02. The van der Waals surface area contributed by atoms with Gasteiger partial charge in [-0.15, -0.1) is 0 Å². The molecule has 0 aliphatic heterocycles. The Morgan fingerprint density at radius 3 is 2.30 bits per heavy atom. The maximum absolute atomic E-state index is 12.8. The Morgan fingerprint density at radius 1 is 0.946 bits per heavy atom. The van der Waals surface area contributed by atoms with Crippen molar-refractivity contribution in [3.8, 4) is 5.75 Å². The smallest absolute Gasteiger partial charge is 0.410 e. The molecule has 0 fully saturated rings. The normalized spacial score (nSPS) is 12.4. The molecule has 1 unspecified atom stereocenters. The minimum Gasteiger partial charge on any atom is -0.508 e. The minimum absolute atomic E-state index is 0.0291. The van der Waals surface area contributed by atoms with Crippen molar-refractivity contribution in [1.29, 1.82) is 0 Å². The van der Waals surface area contributed by atoms with Crippen LogP contribution in [-0.4, -0.2) is 58.2 Å². The molecule has 7 nitrogen and oxygen atoms in total. The summed E-state index contributed by atoms with van der Waals surface area (Å²) in [5.41, 5.74) is 1.59. The van der Waals surface area contributed by atoms with Crippen LogP contribution in [-0.2, 0) is 22.5 Å². The summed E-state index contributed by atoms with van der Waals surface area (Å²) in [6.45, 7) is 7.17. The molecule has 0 saturated heterocycles. The monoisotopic (exact) mass is 515 g/mol. The average molecular weight is 516 g/mol. The fourth-order valence-corrected chi connectivity index (χ4v) is 3.98. The number of aliphatic hydroxyl groups excluding tert-OH is 2. The van der Waals surface area contributed by atoms with Gasteiger partial charge in [-0.2, -0.15) is 0 Å². The van der Waals surface area contributed by atoms with E-state index in [0.717, 1.165) is 58.2 Å². The molecule has 0 aliphatic rings. The number of amides is 1. The number of nitrogens with zero attached hydrogens (tertiary/aromatic N) is 1. The lowest BCUT2D eigenvalue weighted by molar-refractivity contribution is 0.0140. The van der Waals surface area contributed by atoms with Gasteiger partial charge in [0.2, 0.25) is 0 Å². The number of phenols is 1. The molecule has 0 spiro atoms. The maximum Gasteiger partial charge on any atom is 0.410 e. The van der Waals surface area contributed by atoms with Gasteiger partial charge in [-0.25, -0.2) is 4.79 Å². The van der Waals surface area contributed by atoms with E-state index in [0.29, 0.717) is 17.7 Å². The van der Waals surface area contributed by atoms with Crippen molar-refractivity contribution in [2.45, 2.75) is 84.0 Å². The first kappa shape index (κ1) is 30.6. The molecule has 0 aliphatic carbocycles. The van der Waals surface area contributed by atoms with Crippen molar-refractivity contribution >= 4 is 6.09 Å². The molecule has 0 heterocycles. The molecule has 2 rings (SSSR count). The molecule has 2 aromatic rings. The van der Waals surface area contributed by atoms with E-state index in [1.54, 1.807) is 12.1 Å². The number of rotatable bonds is 16. The van der Waals surface area contributed by atoms with Gasteiger partial charge in [0.15, 0.2) is 0 Å². The predicted octanol–water partition coefficient (Wildman–Crippen LogP) is 5.75. The highest BCUT2D eigenvalue weighted by molar-refractivity contribution is 5.68. The van der Waals surface area contributed by atoms with Crippen LogP contribution >= 0.6 is 0 Å². The van der Waals surface area contributed by atoms with Crippen LogP contribution in [0.5, 0.6) is 5.75 Å². The quantitative estimate of drug-likeness (QED) is 0.246. The number of benzene rings is 2. The number of aryl methyl sites for hydroxylation is 1. The van der Waals surface area contributed by atoms with Crippen molar-refractivity contribution < 1.29 is 29.6 Å². The highest BCUT2D eigenvalue weighted by atomic mass is 16.6. The lowest BCUT2D eigenvalue weighted by Gasteiger charge is -2.29. The van der Waals surface area contributed by atoms with Gasteiger partial charge in [-0.3, -0.25) is 0 Å². The average Bonchev–Trinajstić information content (AvgIpc) is 2.86. The first-order chi connectivity index (χ1) is 17.7. The van der Waals surface area contributed by atoms with Crippen LogP contribution in [0.25, 0.3) is 0 Å². The van der Waals surface area contributed by atoms with Gasteiger partial charge < -0.3 is 29.7 Å². The fraction of sp³-hybridized carbons (Fsp3) is 0.567. The largest absolute Gasteiger partial charge is 0.508 e. The number of hydrogen-bond donors (Lipinski definition) is 3. The summed E-state index contributed by atoms with van der Waals surface area (Å²) in [5.74, 6) is -0.0291. The van der Waals surface area contributed by atoms with E-state index in [2.05, 4.69) is 24.3 Å². The van der Waals surface area contributed by atoms with Crippen molar-refractivity contribution in [2.75, 3.05) is 26.3 Å². The summed E-state index contributed by atoms with van der Waals surface area (Å²) >= 11 is 0. The van der Waals surface area contributed by atoms with Crippen molar-refractivity contribution in [3.63, 3.8) is 0 Å². The SMILES string of the molecule is CC(C)(C)OC(=O)N(CCCCCCOCCCCc1ccccc1)CC(O)c1ccc(O)c(CO)c1. The molecule has 7 heteroatoms. The summed E-state index contributed by atoms with van der Waals surface area (Å²) < 4.78 is 11.3. The van der Waals surface area contributed by atoms with E-state index in [-0.39, 0.29) is 18.9 Å². The minimum atomic E-state index is -0.964. The molecule has 206 valence electrons. The summed E-state index contributed by atoms with van der Waals surface area (Å²) in [6.07, 6.45) is 5.56. The number of hydrogen-bond acceptors (Lipinski definition) is 6. The molecule has 0 bridgehead atoms. The van der Waals surface area contributed by atoms with Gasteiger partial charge in [0.25, 0.3) is 0 Å². The summed E-state index contributed by atoms with van der Waals surface area (Å²) in [4.78, 5) is 14.3. The van der Waals surface area contributed by atoms with Gasteiger partial charge >= 0.3 is 6.09 Å². The number of carbonyl (C=O) groups excluding carboxylic acids is 1. The standard InChI is InChI=1S/C30H45NO6/c1-30(2,3)37-29(35)31(22-28(34)25-16-17-27(33)26(21-25)23-32)18-10-4-5-11-19-36-20-12-9-15-24-13-7-6-8-14-24/h6-8,13-14,16-17,21,28,32-34H,4-5,9-12,15,18-20,22-23H2,1-3H3. The van der Waals surface area contributed by atoms with Crippen LogP contribution < -0.4 is 0 Å². The lowest BCUT2D eigenvalue weighted by Crippen LogP contribution is -2.39. The van der Waals surface area contributed by atoms with E-state index in [4.69, 9.17) is 9.47 Å². The predicted molar refractivity (Wildman–Crippen MR) is 145 cm³/mol. The van der Waals surface area contributed by atoms with Crippen LogP contribution in [0, 0.1) is 0 Å². The van der Waals surface area contributed by atoms with Crippen LogP contribution in [0.4, 0.5) is 4.79 Å². The second-order valence-electron chi connectivity index (χ2n) is 10.5. The molecular weight excluding hydrogens is 470 g/mol. The molecule has 1 atom stereocenters. The zero-order valence-corrected chi connectivity index (χ0v) is 22.7. The third-order valence-corrected chi connectivity index (χ3v) is 6.02. The first-order valence-electron chi connectivity index (χ1n) is 13.4. The highest BCUT2D eigenvalue weighted by Crippen LogP contribution is 2.24. The Hall–Kier alpha value is -2.61. The maximum atomic E-state index is 12.8. The van der Waals surface area contributed by atoms with E-state index >= 15 is 0 Å². The summed E-state index contributed by atoms with van der Waals surface area (Å²) in [5, 5.41) is 29.9. The Balaban J connectivity index is 1.69. The molecule has 2 aromatic carbocycles. The van der Waals surface area contributed by atoms with Crippen LogP contribution in [0.2, 0.25) is 0 Å². The third kappa shape index (κ3) is 12.5. The molecule has 0 saturated carbocycles. The van der Waals surface area contributed by atoms with Crippen molar-refractivity contribution in [3.05, 3.63) is 65.2 Å². The molecule has 3 N–H and O–H groups in total. The molecule has 1 amide bonds. The number of ether oxygens (including phenoxy) is 2. The Kier molecular flexibility index (Phi) is 13.5. The van der Waals surface area contributed by atoms with Crippen LogP contribution in [0.1, 0.15) is 82.1 Å². The number of aromatic hydroxyl groups is 1. The summed E-state index contributed by atoms with van der Waals surface area (Å²) in [6, 6.07) is 15.1. The van der Waals surface area contributed by atoms with Gasteiger partial charge in [-0.1, -0.05) is 49.2 Å². The van der Waals surface area contributed by atoms with Gasteiger partial charge in [0, 0.05) is 25.3 Å². The van der Waals surface area contributed by atoms with E-state index in [1.807, 2.05) is 26.8 Å². The molecule has 0 radical (unpaired) electrons. The first-order valence-corrected chi connectivity index (χ1v) is 13.4. The second-order valence-corrected chi connectivity index (χ2v) is 10.5. The second kappa shape index (κ2) is 16.3. The molecule has 0 aromatic heterocycles. The van der Waals surface area contributed by atoms with E-state index in [9.17, 15) is 20.1 Å².